The number of hydrogen-bond acceptors (Lipinski definition) is 2. The molecule has 0 unspecified atom stereocenters. The summed E-state index contributed by atoms with van der Waals surface area (Å²) in [6.07, 6.45) is 0. The minimum atomic E-state index is -0.311. The fourth-order valence-corrected chi connectivity index (χ4v) is 2.36. The number of rotatable bonds is 4. The van der Waals surface area contributed by atoms with E-state index in [0.717, 1.165) is 4.47 Å². The molecule has 2 rings (SSSR count). The van der Waals surface area contributed by atoms with Crippen molar-refractivity contribution in [3.63, 3.8) is 0 Å². The largest absolute Gasteiger partial charge is 0.493 e. The molecule has 4 heteroatoms. The fraction of sp³-hybridized carbons (Fsp3) is 0.188. The number of hydrogen-bond donors (Lipinski definition) is 0. The number of ether oxygens (including phenoxy) is 1. The maximum Gasteiger partial charge on any atom is 0.193 e. The van der Waals surface area contributed by atoms with Gasteiger partial charge in [0.2, 0.25) is 0 Å². The van der Waals surface area contributed by atoms with E-state index in [-0.39, 0.29) is 11.6 Å². The SMILES string of the molecule is CCOc1ccc(C(=O)c2ccc(F)c(C)c2)cc1Br. The Morgan fingerprint density at radius 3 is 2.45 bits per heavy atom. The molecule has 0 fully saturated rings. The molecule has 0 amide bonds. The van der Waals surface area contributed by atoms with E-state index in [1.807, 2.05) is 6.92 Å². The van der Waals surface area contributed by atoms with E-state index < -0.39 is 0 Å². The van der Waals surface area contributed by atoms with Gasteiger partial charge in [-0.3, -0.25) is 4.79 Å². The number of carbonyl (C=O) groups is 1. The molecule has 0 aliphatic rings. The summed E-state index contributed by atoms with van der Waals surface area (Å²) in [4.78, 5) is 12.3. The van der Waals surface area contributed by atoms with Crippen molar-refractivity contribution in [2.75, 3.05) is 6.61 Å². The van der Waals surface area contributed by atoms with Gasteiger partial charge in [-0.15, -0.1) is 0 Å². The monoisotopic (exact) mass is 336 g/mol. The Hall–Kier alpha value is -1.68. The highest BCUT2D eigenvalue weighted by Crippen LogP contribution is 2.27. The molecule has 2 aromatic carbocycles. The number of aryl methyl sites for hydroxylation is 1. The molecule has 0 bridgehead atoms. The molecule has 0 saturated carbocycles. The summed E-state index contributed by atoms with van der Waals surface area (Å²) >= 11 is 3.38. The van der Waals surface area contributed by atoms with Crippen LogP contribution in [0.15, 0.2) is 40.9 Å². The highest BCUT2D eigenvalue weighted by atomic mass is 79.9. The standard InChI is InChI=1S/C16H14BrFO2/c1-3-20-15-7-5-12(9-13(15)17)16(19)11-4-6-14(18)10(2)8-11/h4-9H,3H2,1-2H3. The summed E-state index contributed by atoms with van der Waals surface area (Å²) in [5, 5.41) is 0. The van der Waals surface area contributed by atoms with Crippen molar-refractivity contribution in [3.05, 3.63) is 63.4 Å². The Morgan fingerprint density at radius 2 is 1.85 bits per heavy atom. The van der Waals surface area contributed by atoms with Gasteiger partial charge in [0.1, 0.15) is 11.6 Å². The highest BCUT2D eigenvalue weighted by molar-refractivity contribution is 9.10. The summed E-state index contributed by atoms with van der Waals surface area (Å²) in [7, 11) is 0. The molecule has 0 saturated heterocycles. The van der Waals surface area contributed by atoms with Crippen LogP contribution in [0.2, 0.25) is 0 Å². The van der Waals surface area contributed by atoms with Crippen molar-refractivity contribution in [1.82, 2.24) is 0 Å². The maximum atomic E-state index is 13.2. The van der Waals surface area contributed by atoms with Crippen molar-refractivity contribution in [2.24, 2.45) is 0 Å². The molecule has 0 heterocycles. The molecular formula is C16H14BrFO2. The Labute approximate surface area is 125 Å². The first-order valence-corrected chi connectivity index (χ1v) is 7.05. The Kier molecular flexibility index (Phi) is 4.55. The van der Waals surface area contributed by atoms with Gasteiger partial charge in [0.15, 0.2) is 5.78 Å². The number of carbonyl (C=O) groups excluding carboxylic acids is 1. The zero-order valence-electron chi connectivity index (χ0n) is 11.2. The van der Waals surface area contributed by atoms with Gasteiger partial charge in [-0.05, 0) is 71.7 Å². The van der Waals surface area contributed by atoms with Crippen LogP contribution >= 0.6 is 15.9 Å². The predicted octanol–water partition coefficient (Wildman–Crippen LogP) is 4.53. The van der Waals surface area contributed by atoms with E-state index in [4.69, 9.17) is 4.74 Å². The van der Waals surface area contributed by atoms with E-state index in [1.165, 1.54) is 12.1 Å². The van der Waals surface area contributed by atoms with Gasteiger partial charge in [0.25, 0.3) is 0 Å². The van der Waals surface area contributed by atoms with Crippen LogP contribution in [0.5, 0.6) is 5.75 Å². The van der Waals surface area contributed by atoms with E-state index in [2.05, 4.69) is 15.9 Å². The Morgan fingerprint density at radius 1 is 1.20 bits per heavy atom. The van der Waals surface area contributed by atoms with Crippen LogP contribution in [0.4, 0.5) is 4.39 Å². The van der Waals surface area contributed by atoms with E-state index in [0.29, 0.717) is 29.0 Å². The molecule has 0 atom stereocenters. The third kappa shape index (κ3) is 3.07. The third-order valence-corrected chi connectivity index (χ3v) is 3.53. The van der Waals surface area contributed by atoms with Crippen molar-refractivity contribution in [2.45, 2.75) is 13.8 Å². The second-order valence-electron chi connectivity index (χ2n) is 4.37. The molecule has 104 valence electrons. The van der Waals surface area contributed by atoms with Gasteiger partial charge in [0, 0.05) is 11.1 Å². The lowest BCUT2D eigenvalue weighted by Gasteiger charge is -2.08. The van der Waals surface area contributed by atoms with Crippen molar-refractivity contribution in [3.8, 4) is 5.75 Å². The smallest absolute Gasteiger partial charge is 0.193 e. The van der Waals surface area contributed by atoms with Crippen molar-refractivity contribution >= 4 is 21.7 Å². The number of halogens is 2. The molecule has 20 heavy (non-hydrogen) atoms. The lowest BCUT2D eigenvalue weighted by molar-refractivity contribution is 0.103. The van der Waals surface area contributed by atoms with Crippen LogP contribution in [-0.2, 0) is 0 Å². The molecule has 0 spiro atoms. The molecule has 0 aromatic heterocycles. The molecule has 0 radical (unpaired) electrons. The van der Waals surface area contributed by atoms with Gasteiger partial charge in [-0.2, -0.15) is 0 Å². The lowest BCUT2D eigenvalue weighted by atomic mass is 10.0. The van der Waals surface area contributed by atoms with Gasteiger partial charge >= 0.3 is 0 Å². The minimum absolute atomic E-state index is 0.142. The first kappa shape index (κ1) is 14.7. The first-order chi connectivity index (χ1) is 9.52. The molecule has 0 aliphatic carbocycles. The summed E-state index contributed by atoms with van der Waals surface area (Å²) in [6, 6.07) is 9.53. The maximum absolute atomic E-state index is 13.2. The first-order valence-electron chi connectivity index (χ1n) is 6.26. The molecule has 2 nitrogen and oxygen atoms in total. The average molecular weight is 337 g/mol. The summed E-state index contributed by atoms with van der Waals surface area (Å²) in [6.45, 7) is 4.09. The second-order valence-corrected chi connectivity index (χ2v) is 5.23. The molecule has 0 aliphatic heterocycles. The van der Waals surface area contributed by atoms with Crippen molar-refractivity contribution in [1.29, 1.82) is 0 Å². The van der Waals surface area contributed by atoms with Crippen LogP contribution in [0.1, 0.15) is 28.4 Å². The number of benzene rings is 2. The lowest BCUT2D eigenvalue weighted by Crippen LogP contribution is -2.03. The Balaban J connectivity index is 2.33. The number of ketones is 1. The van der Waals surface area contributed by atoms with Crippen LogP contribution in [0, 0.1) is 12.7 Å². The predicted molar refractivity (Wildman–Crippen MR) is 79.9 cm³/mol. The molecular weight excluding hydrogens is 323 g/mol. The second kappa shape index (κ2) is 6.18. The van der Waals surface area contributed by atoms with Gasteiger partial charge in [0.05, 0.1) is 11.1 Å². The normalized spacial score (nSPS) is 10.4. The van der Waals surface area contributed by atoms with Crippen molar-refractivity contribution < 1.29 is 13.9 Å². The van der Waals surface area contributed by atoms with Crippen LogP contribution in [0.3, 0.4) is 0 Å². The van der Waals surface area contributed by atoms with E-state index in [1.54, 1.807) is 31.2 Å². The quantitative estimate of drug-likeness (QED) is 0.767. The van der Waals surface area contributed by atoms with E-state index in [9.17, 15) is 9.18 Å². The third-order valence-electron chi connectivity index (χ3n) is 2.91. The highest BCUT2D eigenvalue weighted by Gasteiger charge is 2.12. The zero-order chi connectivity index (χ0) is 14.7. The summed E-state index contributed by atoms with van der Waals surface area (Å²) < 4.78 is 19.4. The summed E-state index contributed by atoms with van der Waals surface area (Å²) in [5.41, 5.74) is 1.46. The minimum Gasteiger partial charge on any atom is -0.493 e. The topological polar surface area (TPSA) is 26.3 Å². The van der Waals surface area contributed by atoms with E-state index >= 15 is 0 Å². The molecule has 0 N–H and O–H groups in total. The van der Waals surface area contributed by atoms with Crippen LogP contribution in [0.25, 0.3) is 0 Å². The van der Waals surface area contributed by atoms with Gasteiger partial charge in [-0.25, -0.2) is 4.39 Å². The van der Waals surface area contributed by atoms with Gasteiger partial charge in [-0.1, -0.05) is 0 Å². The average Bonchev–Trinajstić information content (AvgIpc) is 2.43. The Bertz CT molecular complexity index is 653. The zero-order valence-corrected chi connectivity index (χ0v) is 12.8. The van der Waals surface area contributed by atoms with Gasteiger partial charge < -0.3 is 4.74 Å². The molecule has 2 aromatic rings. The fourth-order valence-electron chi connectivity index (χ4n) is 1.87. The van der Waals surface area contributed by atoms with Crippen LogP contribution < -0.4 is 4.74 Å². The summed E-state index contributed by atoms with van der Waals surface area (Å²) in [5.74, 6) is 0.241. The van der Waals surface area contributed by atoms with Crippen LogP contribution in [-0.4, -0.2) is 12.4 Å².